The van der Waals surface area contributed by atoms with E-state index in [1.165, 1.54) is 0 Å². The van der Waals surface area contributed by atoms with Crippen LogP contribution in [-0.2, 0) is 0 Å². The molecule has 0 saturated carbocycles. The van der Waals surface area contributed by atoms with E-state index in [1.807, 2.05) is 37.3 Å². The molecule has 0 bridgehead atoms. The van der Waals surface area contributed by atoms with Crippen LogP contribution in [0.4, 0.5) is 8.78 Å². The van der Waals surface area contributed by atoms with E-state index in [0.717, 1.165) is 11.6 Å². The largest absolute Gasteiger partial charge is 0.266 e. The van der Waals surface area contributed by atoms with E-state index in [4.69, 9.17) is 0 Å². The number of allylic oxidation sites excluding steroid dienone is 1. The predicted octanol–water partition coefficient (Wildman–Crippen LogP) is 3.96. The van der Waals surface area contributed by atoms with Crippen LogP contribution in [0.3, 0.4) is 0 Å². The van der Waals surface area contributed by atoms with Gasteiger partial charge in [0.2, 0.25) is 0 Å². The van der Waals surface area contributed by atoms with Crippen molar-refractivity contribution in [1.82, 2.24) is 0 Å². The summed E-state index contributed by atoms with van der Waals surface area (Å²) in [5.41, 5.74) is 1.10. The zero-order valence-corrected chi connectivity index (χ0v) is 7.50. The van der Waals surface area contributed by atoms with E-state index in [2.05, 4.69) is 0 Å². The van der Waals surface area contributed by atoms with Gasteiger partial charge in [-0.15, -0.1) is 0 Å². The van der Waals surface area contributed by atoms with Crippen molar-refractivity contribution in [2.75, 3.05) is 0 Å². The number of hydrogen-bond acceptors (Lipinski definition) is 0. The summed E-state index contributed by atoms with van der Waals surface area (Å²) >= 11 is 0. The first-order valence-electron chi connectivity index (χ1n) is 4.26. The van der Waals surface area contributed by atoms with Crippen LogP contribution in [0.25, 0.3) is 0 Å². The van der Waals surface area contributed by atoms with Gasteiger partial charge in [0.25, 0.3) is 6.08 Å². The fourth-order valence-electron chi connectivity index (χ4n) is 1.18. The summed E-state index contributed by atoms with van der Waals surface area (Å²) < 4.78 is 23.5. The highest BCUT2D eigenvalue weighted by Gasteiger charge is 2.02. The molecule has 0 fully saturated rings. The summed E-state index contributed by atoms with van der Waals surface area (Å²) in [5, 5.41) is 0. The fraction of sp³-hybridized carbons (Fsp3) is 0.273. The highest BCUT2D eigenvalue weighted by Crippen LogP contribution is 2.19. The fourth-order valence-corrected chi connectivity index (χ4v) is 1.18. The Bertz CT molecular complexity index is 273. The molecule has 1 aromatic rings. The van der Waals surface area contributed by atoms with Crippen molar-refractivity contribution >= 4 is 0 Å². The van der Waals surface area contributed by atoms with Crippen molar-refractivity contribution in [3.63, 3.8) is 0 Å². The Morgan fingerprint density at radius 3 is 2.46 bits per heavy atom. The summed E-state index contributed by atoms with van der Waals surface area (Å²) in [6.07, 6.45) is -0.230. The van der Waals surface area contributed by atoms with Crippen molar-refractivity contribution < 1.29 is 8.78 Å². The van der Waals surface area contributed by atoms with Crippen LogP contribution < -0.4 is 0 Å². The van der Waals surface area contributed by atoms with Crippen molar-refractivity contribution in [2.24, 2.45) is 0 Å². The minimum absolute atomic E-state index is 0.155. The van der Waals surface area contributed by atoms with Gasteiger partial charge < -0.3 is 0 Å². The van der Waals surface area contributed by atoms with Gasteiger partial charge in [-0.05, 0) is 24.0 Å². The summed E-state index contributed by atoms with van der Waals surface area (Å²) in [4.78, 5) is 0. The Hall–Kier alpha value is -1.18. The molecule has 0 aliphatic heterocycles. The van der Waals surface area contributed by atoms with Crippen LogP contribution in [-0.4, -0.2) is 0 Å². The Morgan fingerprint density at radius 1 is 1.31 bits per heavy atom. The number of benzene rings is 1. The second kappa shape index (κ2) is 4.75. The Labute approximate surface area is 76.9 Å². The maximum absolute atomic E-state index is 11.8. The molecule has 1 unspecified atom stereocenters. The van der Waals surface area contributed by atoms with Crippen molar-refractivity contribution in [3.8, 4) is 0 Å². The molecule has 2 heteroatoms. The van der Waals surface area contributed by atoms with Crippen molar-refractivity contribution in [3.05, 3.63) is 48.1 Å². The van der Waals surface area contributed by atoms with Crippen LogP contribution in [0.5, 0.6) is 0 Å². The molecule has 1 atom stereocenters. The quantitative estimate of drug-likeness (QED) is 0.663. The molecule has 0 aliphatic rings. The second-order valence-electron chi connectivity index (χ2n) is 3.04. The van der Waals surface area contributed by atoms with Gasteiger partial charge in [0.05, 0.1) is 0 Å². The molecule has 0 N–H and O–H groups in total. The zero-order valence-electron chi connectivity index (χ0n) is 7.50. The first-order valence-corrected chi connectivity index (χ1v) is 4.26. The van der Waals surface area contributed by atoms with Gasteiger partial charge in [0.1, 0.15) is 0 Å². The Balaban J connectivity index is 2.59. The molecule has 0 amide bonds. The Morgan fingerprint density at radius 2 is 1.92 bits per heavy atom. The topological polar surface area (TPSA) is 0 Å². The lowest BCUT2D eigenvalue weighted by molar-refractivity contribution is 0.416. The van der Waals surface area contributed by atoms with Gasteiger partial charge in [-0.25, -0.2) is 0 Å². The van der Waals surface area contributed by atoms with Crippen LogP contribution in [0.15, 0.2) is 42.5 Å². The molecule has 70 valence electrons. The van der Waals surface area contributed by atoms with Crippen LogP contribution in [0, 0.1) is 0 Å². The number of hydrogen-bond donors (Lipinski definition) is 0. The summed E-state index contributed by atoms with van der Waals surface area (Å²) in [6, 6.07) is 9.66. The molecule has 13 heavy (non-hydrogen) atoms. The third-order valence-electron chi connectivity index (χ3n) is 1.99. The SMILES string of the molecule is CC(CC=C(F)F)c1ccccc1. The zero-order chi connectivity index (χ0) is 9.68. The number of rotatable bonds is 3. The van der Waals surface area contributed by atoms with Gasteiger partial charge in [-0.2, -0.15) is 8.78 Å². The smallest absolute Gasteiger partial charge is 0.174 e. The minimum atomic E-state index is -1.59. The van der Waals surface area contributed by atoms with Gasteiger partial charge in [0, 0.05) is 0 Å². The van der Waals surface area contributed by atoms with Gasteiger partial charge in [-0.1, -0.05) is 37.3 Å². The molecule has 0 nitrogen and oxygen atoms in total. The van der Waals surface area contributed by atoms with E-state index in [0.29, 0.717) is 6.42 Å². The lowest BCUT2D eigenvalue weighted by Gasteiger charge is -2.07. The molecule has 0 radical (unpaired) electrons. The maximum Gasteiger partial charge on any atom is 0.266 e. The molecule has 0 aliphatic carbocycles. The third kappa shape index (κ3) is 3.36. The second-order valence-corrected chi connectivity index (χ2v) is 3.04. The molecular weight excluding hydrogens is 170 g/mol. The molecule has 0 saturated heterocycles. The molecule has 0 spiro atoms. The van der Waals surface area contributed by atoms with E-state index < -0.39 is 6.08 Å². The van der Waals surface area contributed by atoms with Gasteiger partial charge in [-0.3, -0.25) is 0 Å². The summed E-state index contributed by atoms with van der Waals surface area (Å²) in [6.45, 7) is 1.94. The van der Waals surface area contributed by atoms with Gasteiger partial charge in [0.15, 0.2) is 0 Å². The standard InChI is InChI=1S/C11H12F2/c1-9(7-8-11(12)13)10-5-3-2-4-6-10/h2-6,8-9H,7H2,1H3. The van der Waals surface area contributed by atoms with E-state index >= 15 is 0 Å². The lowest BCUT2D eigenvalue weighted by atomic mass is 9.98. The minimum Gasteiger partial charge on any atom is -0.174 e. The molecule has 0 aromatic heterocycles. The molecule has 0 heterocycles. The van der Waals surface area contributed by atoms with E-state index in [1.54, 1.807) is 0 Å². The number of halogens is 2. The monoisotopic (exact) mass is 182 g/mol. The Kier molecular flexibility index (Phi) is 3.62. The maximum atomic E-state index is 11.8. The first-order chi connectivity index (χ1) is 6.20. The van der Waals surface area contributed by atoms with Gasteiger partial charge >= 0.3 is 0 Å². The highest BCUT2D eigenvalue weighted by molar-refractivity contribution is 5.19. The van der Waals surface area contributed by atoms with Crippen molar-refractivity contribution in [2.45, 2.75) is 19.3 Å². The van der Waals surface area contributed by atoms with Crippen LogP contribution in [0.1, 0.15) is 24.8 Å². The summed E-state index contributed by atoms with van der Waals surface area (Å²) in [7, 11) is 0. The normalized spacial score (nSPS) is 12.2. The summed E-state index contributed by atoms with van der Waals surface area (Å²) in [5.74, 6) is 0.155. The van der Waals surface area contributed by atoms with Crippen LogP contribution >= 0.6 is 0 Å². The van der Waals surface area contributed by atoms with Crippen molar-refractivity contribution in [1.29, 1.82) is 0 Å². The first kappa shape index (κ1) is 9.90. The molecular formula is C11H12F2. The molecule has 1 aromatic carbocycles. The average molecular weight is 182 g/mol. The van der Waals surface area contributed by atoms with E-state index in [-0.39, 0.29) is 5.92 Å². The molecule has 1 rings (SSSR count). The predicted molar refractivity (Wildman–Crippen MR) is 49.8 cm³/mol. The average Bonchev–Trinajstić information content (AvgIpc) is 2.15. The van der Waals surface area contributed by atoms with Crippen LogP contribution in [0.2, 0.25) is 0 Å². The van der Waals surface area contributed by atoms with E-state index in [9.17, 15) is 8.78 Å². The third-order valence-corrected chi connectivity index (χ3v) is 1.99. The lowest BCUT2D eigenvalue weighted by Crippen LogP contribution is -1.90. The highest BCUT2D eigenvalue weighted by atomic mass is 19.3.